The van der Waals surface area contributed by atoms with E-state index in [1.54, 1.807) is 6.20 Å². The fraction of sp³-hybridized carbons (Fsp3) is 0.217. The minimum absolute atomic E-state index is 0.573. The second kappa shape index (κ2) is 5.28. The second-order valence-electron chi connectivity index (χ2n) is 7.73. The van der Waals surface area contributed by atoms with Crippen molar-refractivity contribution < 1.29 is 2.74 Å². The molecule has 0 fully saturated rings. The van der Waals surface area contributed by atoms with Crippen LogP contribution in [0.4, 0.5) is 0 Å². The number of aromatic nitrogens is 3. The molecule has 0 radical (unpaired) electrons. The molecule has 128 valence electrons. The molecule has 3 heterocycles. The maximum Gasteiger partial charge on any atom is 0.148 e. The van der Waals surface area contributed by atoms with Gasteiger partial charge in [-0.2, -0.15) is 0 Å². The highest BCUT2D eigenvalue weighted by atomic mass is 15.0. The number of benzene rings is 2. The molecule has 0 aliphatic carbocycles. The van der Waals surface area contributed by atoms with Crippen LogP contribution in [0.3, 0.4) is 0 Å². The van der Waals surface area contributed by atoms with E-state index in [9.17, 15) is 0 Å². The molecule has 0 aliphatic heterocycles. The summed E-state index contributed by atoms with van der Waals surface area (Å²) in [6.45, 7) is 5.79. The van der Waals surface area contributed by atoms with E-state index in [0.717, 1.165) is 38.5 Å². The molecule has 0 aliphatic rings. The van der Waals surface area contributed by atoms with Crippen molar-refractivity contribution in [2.24, 2.45) is 5.41 Å². The number of fused-ring (bicyclic) bond motifs is 8. The first kappa shape index (κ1) is 13.3. The van der Waals surface area contributed by atoms with Crippen molar-refractivity contribution in [2.75, 3.05) is 0 Å². The number of rotatable bonds is 1. The Kier molecular flexibility index (Phi) is 2.70. The topological polar surface area (TPSA) is 30.2 Å². The van der Waals surface area contributed by atoms with Crippen LogP contribution in [0.15, 0.2) is 60.8 Å². The van der Waals surface area contributed by atoms with E-state index in [1.165, 1.54) is 0 Å². The van der Waals surface area contributed by atoms with Crippen LogP contribution in [0.5, 0.6) is 0 Å². The highest BCUT2D eigenvalue weighted by Gasteiger charge is 2.19. The van der Waals surface area contributed by atoms with Crippen molar-refractivity contribution >= 4 is 38.5 Å². The van der Waals surface area contributed by atoms with Crippen LogP contribution in [0, 0.1) is 5.41 Å². The molecule has 0 spiro atoms. The Morgan fingerprint density at radius 2 is 1.69 bits per heavy atom. The lowest BCUT2D eigenvalue weighted by Crippen LogP contribution is -2.10. The van der Waals surface area contributed by atoms with Gasteiger partial charge in [-0.1, -0.05) is 51.1 Å². The van der Waals surface area contributed by atoms with Crippen molar-refractivity contribution in [3.63, 3.8) is 0 Å². The third-order valence-electron chi connectivity index (χ3n) is 4.65. The Bertz CT molecular complexity index is 1380. The third-order valence-corrected chi connectivity index (χ3v) is 4.65. The van der Waals surface area contributed by atoms with E-state index in [0.29, 0.717) is 5.56 Å². The Morgan fingerprint density at radius 1 is 0.962 bits per heavy atom. The van der Waals surface area contributed by atoms with Crippen LogP contribution >= 0.6 is 0 Å². The summed E-state index contributed by atoms with van der Waals surface area (Å²) in [7, 11) is 0. The summed E-state index contributed by atoms with van der Waals surface area (Å²) < 4.78 is 20.0. The lowest BCUT2D eigenvalue weighted by molar-refractivity contribution is 0.412. The van der Waals surface area contributed by atoms with Gasteiger partial charge >= 0.3 is 0 Å². The summed E-state index contributed by atoms with van der Waals surface area (Å²) >= 11 is 0. The molecule has 0 saturated carbocycles. The second-order valence-corrected chi connectivity index (χ2v) is 7.73. The van der Waals surface area contributed by atoms with Gasteiger partial charge in [0.2, 0.25) is 0 Å². The number of hydrogen-bond donors (Lipinski definition) is 0. The van der Waals surface area contributed by atoms with Gasteiger partial charge in [-0.05, 0) is 41.6 Å². The lowest BCUT2D eigenvalue weighted by Gasteiger charge is -2.20. The quantitative estimate of drug-likeness (QED) is 0.362. The number of imidazole rings is 1. The van der Waals surface area contributed by atoms with Crippen LogP contribution in [-0.4, -0.2) is 14.4 Å². The summed E-state index contributed by atoms with van der Waals surface area (Å²) in [6, 6.07) is 18.0. The van der Waals surface area contributed by atoms with Crippen LogP contribution < -0.4 is 0 Å². The third kappa shape index (κ3) is 2.20. The van der Waals surface area contributed by atoms with Gasteiger partial charge in [0, 0.05) is 19.7 Å². The van der Waals surface area contributed by atoms with Gasteiger partial charge in [0.1, 0.15) is 5.65 Å². The molecular formula is C23H21N3. The van der Waals surface area contributed by atoms with Crippen LogP contribution in [0.2, 0.25) is 0 Å². The monoisotopic (exact) mass is 341 g/mol. The summed E-state index contributed by atoms with van der Waals surface area (Å²) in [6.07, 6.45) is 0.169. The van der Waals surface area contributed by atoms with Crippen molar-refractivity contribution in [1.82, 2.24) is 14.4 Å². The van der Waals surface area contributed by atoms with Crippen LogP contribution in [0.25, 0.3) is 38.5 Å². The van der Waals surface area contributed by atoms with Crippen LogP contribution in [0.1, 0.15) is 29.1 Å². The number of hydrogen-bond acceptors (Lipinski definition) is 2. The first-order valence-corrected chi connectivity index (χ1v) is 8.88. The molecule has 0 N–H and O–H groups in total. The van der Waals surface area contributed by atoms with E-state index in [4.69, 9.17) is 7.73 Å². The Labute approximate surface area is 155 Å². The maximum atomic E-state index is 8.92. The van der Waals surface area contributed by atoms with Gasteiger partial charge in [0.05, 0.1) is 22.1 Å². The molecule has 0 atom stereocenters. The number of nitrogens with zero attached hydrogens (tertiary/aromatic N) is 3. The van der Waals surface area contributed by atoms with Crippen molar-refractivity contribution in [3.8, 4) is 0 Å². The van der Waals surface area contributed by atoms with Gasteiger partial charge in [0.15, 0.2) is 0 Å². The molecule has 0 bridgehead atoms. The number of pyridine rings is 2. The summed E-state index contributed by atoms with van der Waals surface area (Å²) in [5.74, 6) is 0. The summed E-state index contributed by atoms with van der Waals surface area (Å²) in [4.78, 5) is 9.57. The van der Waals surface area contributed by atoms with Gasteiger partial charge in [-0.25, -0.2) is 4.98 Å². The molecule has 3 aromatic heterocycles. The van der Waals surface area contributed by atoms with Gasteiger partial charge < -0.3 is 0 Å². The minimum Gasteiger partial charge on any atom is -0.292 e. The zero-order valence-electron chi connectivity index (χ0n) is 17.1. The van der Waals surface area contributed by atoms with E-state index in [2.05, 4.69) is 27.6 Å². The van der Waals surface area contributed by atoms with E-state index in [1.807, 2.05) is 57.2 Å². The molecule has 2 aromatic carbocycles. The molecule has 0 unspecified atom stereocenters. The van der Waals surface area contributed by atoms with E-state index < -0.39 is 11.8 Å². The van der Waals surface area contributed by atoms with E-state index in [-0.39, 0.29) is 0 Å². The van der Waals surface area contributed by atoms with Crippen molar-refractivity contribution in [1.29, 1.82) is 0 Å². The molecule has 3 heteroatoms. The summed E-state index contributed by atoms with van der Waals surface area (Å²) in [5, 5.41) is 1.79. The van der Waals surface area contributed by atoms with Gasteiger partial charge in [-0.15, -0.1) is 0 Å². The molecule has 5 aromatic rings. The summed E-state index contributed by atoms with van der Waals surface area (Å²) in [5.41, 5.74) is 4.55. The zero-order chi connectivity index (χ0) is 19.7. The fourth-order valence-corrected chi connectivity index (χ4v) is 3.71. The smallest absolute Gasteiger partial charge is 0.148 e. The Balaban J connectivity index is 2.11. The molecule has 3 nitrogen and oxygen atoms in total. The van der Waals surface area contributed by atoms with Gasteiger partial charge in [-0.3, -0.25) is 9.38 Å². The van der Waals surface area contributed by atoms with Crippen molar-refractivity contribution in [3.05, 3.63) is 66.4 Å². The maximum absolute atomic E-state index is 8.92. The zero-order valence-corrected chi connectivity index (χ0v) is 15.1. The predicted octanol–water partition coefficient (Wildman–Crippen LogP) is 5.78. The minimum atomic E-state index is -1.55. The Hall–Kier alpha value is -2.94. The van der Waals surface area contributed by atoms with Crippen LogP contribution in [-0.2, 0) is 6.37 Å². The highest BCUT2D eigenvalue weighted by molar-refractivity contribution is 6.13. The molecule has 0 amide bonds. The Morgan fingerprint density at radius 3 is 2.50 bits per heavy atom. The number of para-hydroxylation sites is 3. The molecule has 0 saturated heterocycles. The van der Waals surface area contributed by atoms with E-state index >= 15 is 0 Å². The largest absolute Gasteiger partial charge is 0.292 e. The average molecular weight is 341 g/mol. The van der Waals surface area contributed by atoms with Gasteiger partial charge in [0.25, 0.3) is 0 Å². The molecule has 5 rings (SSSR count). The lowest BCUT2D eigenvalue weighted by atomic mass is 9.87. The highest BCUT2D eigenvalue weighted by Crippen LogP contribution is 2.34. The average Bonchev–Trinajstić information content (AvgIpc) is 3.06. The first-order chi connectivity index (χ1) is 13.3. The van der Waals surface area contributed by atoms with Crippen molar-refractivity contribution in [2.45, 2.75) is 27.1 Å². The fourth-order valence-electron chi connectivity index (χ4n) is 3.71. The molecular weight excluding hydrogens is 318 g/mol. The SMILES string of the molecule is [2H]C([2H])(c1ccnc2c3ccccc3n3c4ccccc4nc3c12)C(C)(C)C. The first-order valence-electron chi connectivity index (χ1n) is 9.88. The molecule has 26 heavy (non-hydrogen) atoms. The normalized spacial score (nSPS) is 14.3. The predicted molar refractivity (Wildman–Crippen MR) is 109 cm³/mol. The standard InChI is InChI=1S/C23H21N3/c1-23(2,3)14-15-12-13-24-21-16-8-4-6-10-18(16)26-19-11-7-5-9-17(19)25-22(26)20(15)21/h4-13H,14H2,1-3H3/i14D2.